The third kappa shape index (κ3) is 2.85. The molecule has 2 aromatic rings. The second kappa shape index (κ2) is 5.91. The molecule has 0 saturated heterocycles. The van der Waals surface area contributed by atoms with Crippen LogP contribution in [-0.4, -0.2) is 10.9 Å². The van der Waals surface area contributed by atoms with E-state index in [1.54, 1.807) is 6.07 Å². The van der Waals surface area contributed by atoms with E-state index in [0.29, 0.717) is 21.2 Å². The van der Waals surface area contributed by atoms with Gasteiger partial charge in [-0.3, -0.25) is 4.79 Å². The molecular weight excluding hydrogens is 312 g/mol. The normalized spacial score (nSPS) is 10.3. The predicted molar refractivity (Wildman–Crippen MR) is 89.1 cm³/mol. The maximum Gasteiger partial charge on any atom is 0.267 e. The molecule has 1 aromatic carbocycles. The van der Waals surface area contributed by atoms with Crippen LogP contribution in [0.1, 0.15) is 26.4 Å². The molecule has 1 aromatic heterocycles. The third-order valence-corrected chi connectivity index (χ3v) is 4.77. The van der Waals surface area contributed by atoms with Gasteiger partial charge in [-0.25, -0.2) is 0 Å². The van der Waals surface area contributed by atoms with Crippen LogP contribution in [0.3, 0.4) is 0 Å². The van der Waals surface area contributed by atoms with Crippen molar-refractivity contribution in [3.63, 3.8) is 0 Å². The van der Waals surface area contributed by atoms with Crippen LogP contribution in [0.5, 0.6) is 0 Å². The van der Waals surface area contributed by atoms with Crippen LogP contribution in [0.25, 0.3) is 0 Å². The number of carbonyl (C=O) groups excluding carboxylic acids is 1. The number of nitrogens with one attached hydrogen (secondary N) is 1. The summed E-state index contributed by atoms with van der Waals surface area (Å²) in [5, 5.41) is 5.16. The van der Waals surface area contributed by atoms with Gasteiger partial charge in [-0.15, -0.1) is 11.3 Å². The van der Waals surface area contributed by atoms with E-state index < -0.39 is 0 Å². The van der Waals surface area contributed by atoms with E-state index in [4.69, 9.17) is 29.6 Å². The van der Waals surface area contributed by atoms with Gasteiger partial charge in [0.25, 0.3) is 5.91 Å². The maximum absolute atomic E-state index is 12.3. The van der Waals surface area contributed by atoms with Gasteiger partial charge in [-0.1, -0.05) is 36.0 Å². The van der Waals surface area contributed by atoms with Crippen LogP contribution in [0.15, 0.2) is 23.6 Å². The minimum absolute atomic E-state index is 0.254. The van der Waals surface area contributed by atoms with Crippen molar-refractivity contribution in [1.82, 2.24) is 0 Å². The second-order valence-corrected chi connectivity index (χ2v) is 6.08. The minimum Gasteiger partial charge on any atom is -0.389 e. The zero-order valence-corrected chi connectivity index (χ0v) is 13.4. The third-order valence-electron chi connectivity index (χ3n) is 2.87. The number of benzene rings is 1. The lowest BCUT2D eigenvalue weighted by atomic mass is 10.1. The van der Waals surface area contributed by atoms with Crippen molar-refractivity contribution < 1.29 is 4.79 Å². The summed E-state index contributed by atoms with van der Waals surface area (Å²) in [5.74, 6) is -0.254. The number of carbonyl (C=O) groups is 1. The SMILES string of the molecule is Cc1csc(C(=O)Nc2cccc(C)c2C(N)=S)c1Cl. The summed E-state index contributed by atoms with van der Waals surface area (Å²) in [6.45, 7) is 3.76. The molecule has 1 amide bonds. The summed E-state index contributed by atoms with van der Waals surface area (Å²) in [4.78, 5) is 13.0. The van der Waals surface area contributed by atoms with Gasteiger partial charge < -0.3 is 11.1 Å². The molecule has 0 bridgehead atoms. The first kappa shape index (κ1) is 15.0. The van der Waals surface area contributed by atoms with Gasteiger partial charge in [0, 0.05) is 5.56 Å². The number of amides is 1. The number of nitrogens with two attached hydrogens (primary N) is 1. The topological polar surface area (TPSA) is 55.1 Å². The Morgan fingerprint density at radius 2 is 2.05 bits per heavy atom. The number of thiophene rings is 1. The molecule has 6 heteroatoms. The molecule has 0 aliphatic rings. The number of halogens is 1. The number of rotatable bonds is 3. The first-order valence-corrected chi connectivity index (χ1v) is 7.52. The monoisotopic (exact) mass is 324 g/mol. The first-order chi connectivity index (χ1) is 9.41. The van der Waals surface area contributed by atoms with Crippen LogP contribution >= 0.6 is 35.2 Å². The van der Waals surface area contributed by atoms with E-state index >= 15 is 0 Å². The van der Waals surface area contributed by atoms with E-state index in [0.717, 1.165) is 11.1 Å². The molecule has 3 N–H and O–H groups in total. The fourth-order valence-electron chi connectivity index (χ4n) is 1.86. The van der Waals surface area contributed by atoms with Gasteiger partial charge in [-0.05, 0) is 36.4 Å². The average molecular weight is 325 g/mol. The number of aryl methyl sites for hydroxylation is 2. The Kier molecular flexibility index (Phi) is 4.42. The molecule has 3 nitrogen and oxygen atoms in total. The largest absolute Gasteiger partial charge is 0.389 e. The van der Waals surface area contributed by atoms with Crippen molar-refractivity contribution in [2.24, 2.45) is 5.73 Å². The number of hydrogen-bond donors (Lipinski definition) is 2. The van der Waals surface area contributed by atoms with Crippen molar-refractivity contribution in [2.45, 2.75) is 13.8 Å². The molecule has 0 radical (unpaired) electrons. The zero-order chi connectivity index (χ0) is 14.9. The molecule has 0 fully saturated rings. The van der Waals surface area contributed by atoms with Crippen LogP contribution < -0.4 is 11.1 Å². The molecule has 0 saturated carbocycles. The Bertz CT molecular complexity index is 694. The number of hydrogen-bond acceptors (Lipinski definition) is 3. The Hall–Kier alpha value is -1.43. The fraction of sp³-hybridized carbons (Fsp3) is 0.143. The lowest BCUT2D eigenvalue weighted by Crippen LogP contribution is -2.18. The molecule has 0 unspecified atom stereocenters. The number of thiocarbonyl (C=S) groups is 1. The highest BCUT2D eigenvalue weighted by atomic mass is 35.5. The average Bonchev–Trinajstić information content (AvgIpc) is 2.69. The standard InChI is InChI=1S/C14H13ClN2OS2/c1-7-4-3-5-9(10(7)13(16)19)17-14(18)12-11(15)8(2)6-20-12/h3-6H,1-2H3,(H2,16,19)(H,17,18). The zero-order valence-electron chi connectivity index (χ0n) is 11.0. The van der Waals surface area contributed by atoms with Crippen molar-refractivity contribution in [3.8, 4) is 0 Å². The smallest absolute Gasteiger partial charge is 0.267 e. The fourth-order valence-corrected chi connectivity index (χ4v) is 3.31. The van der Waals surface area contributed by atoms with Gasteiger partial charge in [0.2, 0.25) is 0 Å². The summed E-state index contributed by atoms with van der Waals surface area (Å²) >= 11 is 12.5. The molecule has 2 rings (SSSR count). The lowest BCUT2D eigenvalue weighted by molar-refractivity contribution is 0.103. The molecule has 20 heavy (non-hydrogen) atoms. The van der Waals surface area contributed by atoms with E-state index in [2.05, 4.69) is 5.32 Å². The highest BCUT2D eigenvalue weighted by Gasteiger charge is 2.17. The Balaban J connectivity index is 2.36. The van der Waals surface area contributed by atoms with Crippen LogP contribution in [-0.2, 0) is 0 Å². The quantitative estimate of drug-likeness (QED) is 0.842. The molecular formula is C14H13ClN2OS2. The molecule has 0 atom stereocenters. The molecule has 0 aliphatic carbocycles. The van der Waals surface area contributed by atoms with Gasteiger partial charge in [0.1, 0.15) is 9.87 Å². The minimum atomic E-state index is -0.254. The second-order valence-electron chi connectivity index (χ2n) is 4.38. The summed E-state index contributed by atoms with van der Waals surface area (Å²) in [6.07, 6.45) is 0. The molecule has 0 aliphatic heterocycles. The summed E-state index contributed by atoms with van der Waals surface area (Å²) in [5.41, 5.74) is 8.81. The summed E-state index contributed by atoms with van der Waals surface area (Å²) in [6, 6.07) is 5.51. The van der Waals surface area contributed by atoms with Gasteiger partial charge >= 0.3 is 0 Å². The van der Waals surface area contributed by atoms with Crippen molar-refractivity contribution in [1.29, 1.82) is 0 Å². The van der Waals surface area contributed by atoms with E-state index in [-0.39, 0.29) is 10.9 Å². The van der Waals surface area contributed by atoms with Crippen molar-refractivity contribution in [3.05, 3.63) is 50.2 Å². The highest BCUT2D eigenvalue weighted by Crippen LogP contribution is 2.28. The Morgan fingerprint density at radius 3 is 2.60 bits per heavy atom. The predicted octanol–water partition coefficient (Wildman–Crippen LogP) is 3.90. The number of anilines is 1. The van der Waals surface area contributed by atoms with Crippen LogP contribution in [0.2, 0.25) is 5.02 Å². The molecule has 0 spiro atoms. The van der Waals surface area contributed by atoms with Gasteiger partial charge in [-0.2, -0.15) is 0 Å². The van der Waals surface area contributed by atoms with Crippen molar-refractivity contribution >= 4 is 51.7 Å². The Morgan fingerprint density at radius 1 is 1.35 bits per heavy atom. The van der Waals surface area contributed by atoms with Crippen molar-refractivity contribution in [2.75, 3.05) is 5.32 Å². The van der Waals surface area contributed by atoms with E-state index in [1.807, 2.05) is 31.4 Å². The van der Waals surface area contributed by atoms with E-state index in [1.165, 1.54) is 11.3 Å². The first-order valence-electron chi connectivity index (χ1n) is 5.86. The Labute approximate surface area is 131 Å². The highest BCUT2D eigenvalue weighted by molar-refractivity contribution is 7.80. The van der Waals surface area contributed by atoms with Crippen LogP contribution in [0, 0.1) is 13.8 Å². The van der Waals surface area contributed by atoms with Gasteiger partial charge in [0.15, 0.2) is 0 Å². The summed E-state index contributed by atoms with van der Waals surface area (Å²) < 4.78 is 0. The molecule has 1 heterocycles. The van der Waals surface area contributed by atoms with E-state index in [9.17, 15) is 4.79 Å². The molecule has 104 valence electrons. The summed E-state index contributed by atoms with van der Waals surface area (Å²) in [7, 11) is 0. The maximum atomic E-state index is 12.3. The van der Waals surface area contributed by atoms with Crippen LogP contribution in [0.4, 0.5) is 5.69 Å². The lowest BCUT2D eigenvalue weighted by Gasteiger charge is -2.12. The van der Waals surface area contributed by atoms with Gasteiger partial charge in [0.05, 0.1) is 10.7 Å².